The van der Waals surface area contributed by atoms with Gasteiger partial charge in [0.2, 0.25) is 18.0 Å². The number of pyridine rings is 1. The van der Waals surface area contributed by atoms with E-state index in [2.05, 4.69) is 0 Å². The molecule has 126 valence electrons. The van der Waals surface area contributed by atoms with Crippen LogP contribution in [0.3, 0.4) is 0 Å². The van der Waals surface area contributed by atoms with Gasteiger partial charge >= 0.3 is 0 Å². The number of fused-ring (bicyclic) bond motifs is 1. The molecule has 3 aromatic carbocycles. The average molecular weight is 342 g/mol. The van der Waals surface area contributed by atoms with Crippen LogP contribution in [0.1, 0.15) is 10.4 Å². The predicted octanol–water partition coefficient (Wildman–Crippen LogP) is 4.82. The molecule has 26 heavy (non-hydrogen) atoms. The second-order valence-corrected chi connectivity index (χ2v) is 6.15. The first-order valence-corrected chi connectivity index (χ1v) is 8.48. The highest BCUT2D eigenvalue weighted by atomic mass is 19.1. The first-order valence-electron chi connectivity index (χ1n) is 8.48. The topological polar surface area (TPSA) is 20.9 Å². The monoisotopic (exact) mass is 342 g/mol. The van der Waals surface area contributed by atoms with Gasteiger partial charge in [0.25, 0.3) is 0 Å². The van der Waals surface area contributed by atoms with Gasteiger partial charge in [-0.2, -0.15) is 4.57 Å². The highest BCUT2D eigenvalue weighted by Crippen LogP contribution is 2.27. The maximum absolute atomic E-state index is 14.5. The van der Waals surface area contributed by atoms with E-state index < -0.39 is 0 Å². The Bertz CT molecular complexity index is 1090. The van der Waals surface area contributed by atoms with Crippen LogP contribution in [0.4, 0.5) is 4.39 Å². The van der Waals surface area contributed by atoms with Crippen LogP contribution in [-0.2, 0) is 6.54 Å². The lowest BCUT2D eigenvalue weighted by molar-refractivity contribution is -0.671. The first-order chi connectivity index (χ1) is 12.7. The summed E-state index contributed by atoms with van der Waals surface area (Å²) >= 11 is 0. The second-order valence-electron chi connectivity index (χ2n) is 6.15. The van der Waals surface area contributed by atoms with Gasteiger partial charge in [0, 0.05) is 11.6 Å². The second kappa shape index (κ2) is 6.89. The Labute approximate surface area is 151 Å². The van der Waals surface area contributed by atoms with Crippen molar-refractivity contribution in [3.8, 4) is 11.3 Å². The predicted molar refractivity (Wildman–Crippen MR) is 100 cm³/mol. The highest BCUT2D eigenvalue weighted by Gasteiger charge is 2.23. The molecule has 0 N–H and O–H groups in total. The normalized spacial score (nSPS) is 10.8. The molecule has 0 bridgehead atoms. The highest BCUT2D eigenvalue weighted by molar-refractivity contribution is 5.96. The van der Waals surface area contributed by atoms with E-state index in [9.17, 15) is 9.18 Å². The number of hydrogen-bond acceptors (Lipinski definition) is 1. The average Bonchev–Trinajstić information content (AvgIpc) is 2.69. The number of benzene rings is 3. The van der Waals surface area contributed by atoms with E-state index in [0.29, 0.717) is 16.8 Å². The van der Waals surface area contributed by atoms with Crippen molar-refractivity contribution in [3.05, 3.63) is 103 Å². The molecule has 0 amide bonds. The molecule has 0 fully saturated rings. The Morgan fingerprint density at radius 1 is 0.808 bits per heavy atom. The first kappa shape index (κ1) is 16.2. The zero-order chi connectivity index (χ0) is 17.9. The molecule has 0 aliphatic rings. The lowest BCUT2D eigenvalue weighted by atomic mass is 10.0. The minimum Gasteiger partial charge on any atom is -0.287 e. The Morgan fingerprint density at radius 3 is 2.31 bits per heavy atom. The van der Waals surface area contributed by atoms with Crippen LogP contribution >= 0.6 is 0 Å². The number of carbonyl (C=O) groups is 1. The Balaban J connectivity index is 1.89. The lowest BCUT2D eigenvalue weighted by Crippen LogP contribution is -2.40. The summed E-state index contributed by atoms with van der Waals surface area (Å²) in [6, 6.07) is 25.6. The lowest BCUT2D eigenvalue weighted by Gasteiger charge is -2.08. The number of nitrogens with zero attached hydrogens (tertiary/aromatic N) is 1. The summed E-state index contributed by atoms with van der Waals surface area (Å²) in [6.45, 7) is 0.151. The Kier molecular flexibility index (Phi) is 4.28. The largest absolute Gasteiger partial charge is 0.287 e. The molecule has 2 nitrogen and oxygen atoms in total. The number of aromatic nitrogens is 1. The fourth-order valence-electron chi connectivity index (χ4n) is 3.21. The van der Waals surface area contributed by atoms with Gasteiger partial charge in [0.05, 0.1) is 10.9 Å². The number of hydrogen-bond donors (Lipinski definition) is 0. The van der Waals surface area contributed by atoms with E-state index >= 15 is 0 Å². The molecular weight excluding hydrogens is 325 g/mol. The van der Waals surface area contributed by atoms with Gasteiger partial charge in [-0.1, -0.05) is 60.7 Å². The fourth-order valence-corrected chi connectivity index (χ4v) is 3.21. The van der Waals surface area contributed by atoms with Crippen LogP contribution in [0.2, 0.25) is 0 Å². The molecule has 0 saturated carbocycles. The number of halogens is 1. The molecule has 4 rings (SSSR count). The minimum absolute atomic E-state index is 0.0107. The van der Waals surface area contributed by atoms with Crippen molar-refractivity contribution < 1.29 is 13.8 Å². The summed E-state index contributed by atoms with van der Waals surface area (Å²) in [5.74, 6) is -0.312. The van der Waals surface area contributed by atoms with E-state index in [1.54, 1.807) is 24.3 Å². The van der Waals surface area contributed by atoms with E-state index in [1.165, 1.54) is 6.07 Å². The zero-order valence-electron chi connectivity index (χ0n) is 14.1. The number of ketones is 1. The third-order valence-corrected chi connectivity index (χ3v) is 4.48. The number of carbonyl (C=O) groups excluding carboxylic acids is 1. The summed E-state index contributed by atoms with van der Waals surface area (Å²) < 4.78 is 16.4. The van der Waals surface area contributed by atoms with E-state index in [-0.39, 0.29) is 18.1 Å². The molecular formula is C23H17FNO+. The molecule has 0 atom stereocenters. The summed E-state index contributed by atoms with van der Waals surface area (Å²) in [5.41, 5.74) is 1.85. The van der Waals surface area contributed by atoms with Crippen molar-refractivity contribution in [2.24, 2.45) is 0 Å². The van der Waals surface area contributed by atoms with E-state index in [0.717, 1.165) is 10.8 Å². The Hall–Kier alpha value is -3.33. The van der Waals surface area contributed by atoms with Gasteiger partial charge in [-0.25, -0.2) is 4.39 Å². The summed E-state index contributed by atoms with van der Waals surface area (Å²) in [7, 11) is 0. The minimum atomic E-state index is -0.301. The van der Waals surface area contributed by atoms with Crippen LogP contribution in [0.5, 0.6) is 0 Å². The van der Waals surface area contributed by atoms with Crippen LogP contribution in [-0.4, -0.2) is 5.78 Å². The molecule has 1 aromatic heterocycles. The van der Waals surface area contributed by atoms with Crippen molar-refractivity contribution in [2.45, 2.75) is 6.54 Å². The molecule has 0 spiro atoms. The smallest absolute Gasteiger partial charge is 0.227 e. The molecule has 0 unspecified atom stereocenters. The van der Waals surface area contributed by atoms with Crippen LogP contribution < -0.4 is 4.57 Å². The maximum Gasteiger partial charge on any atom is 0.227 e. The maximum atomic E-state index is 14.5. The molecule has 0 saturated heterocycles. The number of Topliss-reactive ketones (excluding diaryl/α,β-unsaturated/α-hetero) is 1. The van der Waals surface area contributed by atoms with Gasteiger partial charge in [0.15, 0.2) is 6.20 Å². The van der Waals surface area contributed by atoms with Crippen molar-refractivity contribution in [3.63, 3.8) is 0 Å². The SMILES string of the molecule is O=C(C[n+]1ccc2ccccc2c1-c1ccccc1F)c1ccccc1. The molecule has 4 aromatic rings. The summed E-state index contributed by atoms with van der Waals surface area (Å²) in [6.07, 6.45) is 1.85. The van der Waals surface area contributed by atoms with Gasteiger partial charge in [-0.15, -0.1) is 0 Å². The standard InChI is InChI=1S/C23H17FNO/c24-21-13-7-6-12-20(21)23-19-11-5-4-8-17(19)14-15-25(23)16-22(26)18-9-2-1-3-10-18/h1-15H,16H2/q+1. The quantitative estimate of drug-likeness (QED) is 0.385. The van der Waals surface area contributed by atoms with Gasteiger partial charge < -0.3 is 0 Å². The van der Waals surface area contributed by atoms with Crippen molar-refractivity contribution >= 4 is 16.6 Å². The van der Waals surface area contributed by atoms with Crippen molar-refractivity contribution in [1.29, 1.82) is 0 Å². The summed E-state index contributed by atoms with van der Waals surface area (Å²) in [5, 5.41) is 1.93. The fraction of sp³-hybridized carbons (Fsp3) is 0.0435. The molecule has 1 heterocycles. The van der Waals surface area contributed by atoms with Gasteiger partial charge in [-0.05, 0) is 23.6 Å². The third kappa shape index (κ3) is 3.00. The van der Waals surface area contributed by atoms with Crippen LogP contribution in [0, 0.1) is 5.82 Å². The van der Waals surface area contributed by atoms with Crippen LogP contribution in [0.25, 0.3) is 22.0 Å². The van der Waals surface area contributed by atoms with Crippen molar-refractivity contribution in [1.82, 2.24) is 0 Å². The van der Waals surface area contributed by atoms with E-state index in [1.807, 2.05) is 65.4 Å². The van der Waals surface area contributed by atoms with Crippen LogP contribution in [0.15, 0.2) is 91.1 Å². The van der Waals surface area contributed by atoms with E-state index in [4.69, 9.17) is 0 Å². The molecule has 3 heteroatoms. The molecule has 0 aliphatic heterocycles. The molecule has 0 aliphatic carbocycles. The molecule has 0 radical (unpaired) electrons. The zero-order valence-corrected chi connectivity index (χ0v) is 14.1. The number of rotatable bonds is 4. The van der Waals surface area contributed by atoms with Gasteiger partial charge in [0.1, 0.15) is 5.82 Å². The third-order valence-electron chi connectivity index (χ3n) is 4.48. The van der Waals surface area contributed by atoms with Gasteiger partial charge in [-0.3, -0.25) is 4.79 Å². The van der Waals surface area contributed by atoms with Crippen molar-refractivity contribution in [2.75, 3.05) is 0 Å². The summed E-state index contributed by atoms with van der Waals surface area (Å²) in [4.78, 5) is 12.7. The Morgan fingerprint density at radius 2 is 1.50 bits per heavy atom.